The van der Waals surface area contributed by atoms with Crippen molar-refractivity contribution in [1.82, 2.24) is 10.2 Å². The molecule has 3 nitrogen and oxygen atoms in total. The number of hydrogen-bond acceptors (Lipinski definition) is 2. The van der Waals surface area contributed by atoms with Crippen molar-refractivity contribution in [3.05, 3.63) is 0 Å². The van der Waals surface area contributed by atoms with Gasteiger partial charge in [-0.3, -0.25) is 9.69 Å². The van der Waals surface area contributed by atoms with Crippen LogP contribution in [0.2, 0.25) is 0 Å². The molecule has 0 fully saturated rings. The molecule has 0 aromatic carbocycles. The molecule has 0 saturated carbocycles. The van der Waals surface area contributed by atoms with E-state index in [1.807, 2.05) is 19.0 Å². The van der Waals surface area contributed by atoms with Crippen molar-refractivity contribution < 1.29 is 4.79 Å². The largest absolute Gasteiger partial charge is 0.355 e. The number of hydrogen-bond donors (Lipinski definition) is 1. The maximum absolute atomic E-state index is 12.0. The van der Waals surface area contributed by atoms with Crippen LogP contribution in [0.1, 0.15) is 110 Å². The summed E-state index contributed by atoms with van der Waals surface area (Å²) in [6, 6.07) is 0.0200. The van der Waals surface area contributed by atoms with Crippen LogP contribution in [0.3, 0.4) is 0 Å². The lowest BCUT2D eigenvalue weighted by atomic mass is 10.0. The predicted octanol–water partition coefficient (Wildman–Crippen LogP) is 5.92. The fourth-order valence-corrected chi connectivity index (χ4v) is 3.43. The van der Waals surface area contributed by atoms with Crippen molar-refractivity contribution in [1.29, 1.82) is 0 Å². The molecule has 1 unspecified atom stereocenters. The number of nitrogens with zero attached hydrogens (tertiary/aromatic N) is 1. The van der Waals surface area contributed by atoms with E-state index < -0.39 is 0 Å². The quantitative estimate of drug-likeness (QED) is 0.310. The number of rotatable bonds is 18. The number of nitrogens with one attached hydrogen (secondary N) is 1. The summed E-state index contributed by atoms with van der Waals surface area (Å²) in [4.78, 5) is 14.0. The van der Waals surface area contributed by atoms with Gasteiger partial charge in [0, 0.05) is 6.54 Å². The van der Waals surface area contributed by atoms with Gasteiger partial charge in [-0.1, -0.05) is 97.3 Å². The highest BCUT2D eigenvalue weighted by atomic mass is 16.2. The number of unbranched alkanes of at least 4 members (excludes halogenated alkanes) is 13. The number of amides is 1. The number of carbonyl (C=O) groups excluding carboxylic acids is 1. The van der Waals surface area contributed by atoms with E-state index in [-0.39, 0.29) is 11.9 Å². The molecule has 1 N–H and O–H groups in total. The number of carbonyl (C=O) groups is 1. The van der Waals surface area contributed by atoms with E-state index in [0.717, 1.165) is 19.4 Å². The molecular weight excluding hydrogens is 308 g/mol. The molecule has 3 heteroatoms. The average Bonchev–Trinajstić information content (AvgIpc) is 2.58. The van der Waals surface area contributed by atoms with Gasteiger partial charge in [-0.15, -0.1) is 0 Å². The molecule has 0 aliphatic carbocycles. The van der Waals surface area contributed by atoms with Crippen molar-refractivity contribution in [2.24, 2.45) is 0 Å². The maximum Gasteiger partial charge on any atom is 0.237 e. The molecular formula is C22H46N2O. The molecule has 1 amide bonds. The zero-order valence-corrected chi connectivity index (χ0v) is 17.7. The Morgan fingerprint density at radius 3 is 1.48 bits per heavy atom. The lowest BCUT2D eigenvalue weighted by Gasteiger charge is -2.21. The standard InChI is InChI=1S/C22H46N2O/c1-5-7-8-9-10-11-12-13-14-15-16-17-18-19-20-23-22(25)21(6-2)24(3)4/h21H,5-20H2,1-4H3,(H,23,25). The first kappa shape index (κ1) is 24.4. The Morgan fingerprint density at radius 2 is 1.12 bits per heavy atom. The van der Waals surface area contributed by atoms with Gasteiger partial charge >= 0.3 is 0 Å². The maximum atomic E-state index is 12.0. The molecule has 0 rings (SSSR count). The van der Waals surface area contributed by atoms with Crippen LogP contribution < -0.4 is 5.32 Å². The Morgan fingerprint density at radius 1 is 0.720 bits per heavy atom. The third-order valence-corrected chi connectivity index (χ3v) is 5.14. The van der Waals surface area contributed by atoms with Crippen LogP contribution >= 0.6 is 0 Å². The summed E-state index contributed by atoms with van der Waals surface area (Å²) in [5.41, 5.74) is 0. The Kier molecular flexibility index (Phi) is 17.8. The molecule has 25 heavy (non-hydrogen) atoms. The summed E-state index contributed by atoms with van der Waals surface area (Å²) < 4.78 is 0. The summed E-state index contributed by atoms with van der Waals surface area (Å²) >= 11 is 0. The summed E-state index contributed by atoms with van der Waals surface area (Å²) in [6.45, 7) is 5.18. The van der Waals surface area contributed by atoms with Gasteiger partial charge in [-0.2, -0.15) is 0 Å². The third kappa shape index (κ3) is 15.4. The SMILES string of the molecule is CCCCCCCCCCCCCCCCNC(=O)C(CC)N(C)C. The fraction of sp³-hybridized carbons (Fsp3) is 0.955. The normalized spacial score (nSPS) is 12.5. The molecule has 150 valence electrons. The summed E-state index contributed by atoms with van der Waals surface area (Å²) in [5.74, 6) is 0.183. The van der Waals surface area contributed by atoms with Crippen molar-refractivity contribution in [3.8, 4) is 0 Å². The van der Waals surface area contributed by atoms with Crippen molar-refractivity contribution in [2.75, 3.05) is 20.6 Å². The van der Waals surface area contributed by atoms with Gasteiger partial charge in [0.25, 0.3) is 0 Å². The van der Waals surface area contributed by atoms with Crippen LogP contribution in [0.4, 0.5) is 0 Å². The van der Waals surface area contributed by atoms with Crippen LogP contribution in [0.15, 0.2) is 0 Å². The van der Waals surface area contributed by atoms with Gasteiger partial charge in [0.05, 0.1) is 6.04 Å². The molecule has 0 aliphatic rings. The molecule has 0 spiro atoms. The van der Waals surface area contributed by atoms with Gasteiger partial charge in [-0.25, -0.2) is 0 Å². The number of likely N-dealkylation sites (N-methyl/N-ethyl adjacent to an activating group) is 1. The van der Waals surface area contributed by atoms with Gasteiger partial charge in [0.2, 0.25) is 5.91 Å². The molecule has 0 heterocycles. The first-order valence-electron chi connectivity index (χ1n) is 11.1. The predicted molar refractivity (Wildman–Crippen MR) is 111 cm³/mol. The lowest BCUT2D eigenvalue weighted by molar-refractivity contribution is -0.125. The van der Waals surface area contributed by atoms with E-state index in [1.165, 1.54) is 83.5 Å². The highest BCUT2D eigenvalue weighted by Crippen LogP contribution is 2.12. The molecule has 0 saturated heterocycles. The van der Waals surface area contributed by atoms with Crippen LogP contribution in [-0.2, 0) is 4.79 Å². The molecule has 0 aliphatic heterocycles. The summed E-state index contributed by atoms with van der Waals surface area (Å²) in [6.07, 6.45) is 20.1. The zero-order valence-electron chi connectivity index (χ0n) is 17.7. The smallest absolute Gasteiger partial charge is 0.237 e. The van der Waals surface area contributed by atoms with Crippen LogP contribution in [0.25, 0.3) is 0 Å². The van der Waals surface area contributed by atoms with E-state index in [9.17, 15) is 4.79 Å². The van der Waals surface area contributed by atoms with E-state index in [1.54, 1.807) is 0 Å². The molecule has 0 radical (unpaired) electrons. The molecule has 0 bridgehead atoms. The van der Waals surface area contributed by atoms with Gasteiger partial charge in [0.1, 0.15) is 0 Å². The molecule has 1 atom stereocenters. The van der Waals surface area contributed by atoms with Gasteiger partial charge < -0.3 is 5.32 Å². The van der Waals surface area contributed by atoms with Crippen molar-refractivity contribution >= 4 is 5.91 Å². The van der Waals surface area contributed by atoms with Crippen LogP contribution in [0, 0.1) is 0 Å². The summed E-state index contributed by atoms with van der Waals surface area (Å²) in [7, 11) is 3.94. The minimum Gasteiger partial charge on any atom is -0.355 e. The Hall–Kier alpha value is -0.570. The van der Waals surface area contributed by atoms with E-state index in [4.69, 9.17) is 0 Å². The van der Waals surface area contributed by atoms with Gasteiger partial charge in [0.15, 0.2) is 0 Å². The highest BCUT2D eigenvalue weighted by molar-refractivity contribution is 5.81. The van der Waals surface area contributed by atoms with Crippen LogP contribution in [-0.4, -0.2) is 37.5 Å². The lowest BCUT2D eigenvalue weighted by Crippen LogP contribution is -2.43. The van der Waals surface area contributed by atoms with E-state index >= 15 is 0 Å². The van der Waals surface area contributed by atoms with Crippen LogP contribution in [0.5, 0.6) is 0 Å². The second kappa shape index (κ2) is 18.2. The Labute approximate surface area is 158 Å². The topological polar surface area (TPSA) is 32.3 Å². The summed E-state index contributed by atoms with van der Waals surface area (Å²) in [5, 5.41) is 3.08. The van der Waals surface area contributed by atoms with E-state index in [2.05, 4.69) is 19.2 Å². The fourth-order valence-electron chi connectivity index (χ4n) is 3.43. The second-order valence-corrected chi connectivity index (χ2v) is 7.77. The first-order valence-corrected chi connectivity index (χ1v) is 11.1. The second-order valence-electron chi connectivity index (χ2n) is 7.77. The van der Waals surface area contributed by atoms with E-state index in [0.29, 0.717) is 0 Å². The Bertz CT molecular complexity index is 292. The Balaban J connectivity index is 3.25. The average molecular weight is 355 g/mol. The van der Waals surface area contributed by atoms with Crippen molar-refractivity contribution in [2.45, 2.75) is 116 Å². The monoisotopic (exact) mass is 354 g/mol. The first-order chi connectivity index (χ1) is 12.1. The zero-order chi connectivity index (χ0) is 18.8. The van der Waals surface area contributed by atoms with Crippen molar-refractivity contribution in [3.63, 3.8) is 0 Å². The minimum atomic E-state index is 0.0200. The molecule has 0 aromatic heterocycles. The van der Waals surface area contributed by atoms with Gasteiger partial charge in [-0.05, 0) is 26.9 Å². The molecule has 0 aromatic rings. The third-order valence-electron chi connectivity index (χ3n) is 5.14. The highest BCUT2D eigenvalue weighted by Gasteiger charge is 2.17. The minimum absolute atomic E-state index is 0.0200.